The number of aromatic amines is 1. The predicted octanol–water partition coefficient (Wildman–Crippen LogP) is 1.46. The van der Waals surface area contributed by atoms with Crippen molar-refractivity contribution in [3.63, 3.8) is 0 Å². The highest BCUT2D eigenvalue weighted by atomic mass is 35.5. The minimum atomic E-state index is -0.360. The molecule has 0 aliphatic rings. The van der Waals surface area contributed by atoms with Gasteiger partial charge < -0.3 is 10.7 Å². The molecule has 0 saturated carbocycles. The van der Waals surface area contributed by atoms with E-state index in [4.69, 9.17) is 17.5 Å². The summed E-state index contributed by atoms with van der Waals surface area (Å²) in [5.41, 5.74) is 6.45. The van der Waals surface area contributed by atoms with Crippen LogP contribution in [0.1, 0.15) is 0 Å². The topological polar surface area (TPSA) is 76.7 Å². The van der Waals surface area contributed by atoms with Crippen LogP contribution in [-0.2, 0) is 0 Å². The summed E-state index contributed by atoms with van der Waals surface area (Å²) in [7, 11) is 0. The first-order chi connectivity index (χ1) is 7.68. The molecule has 6 heteroatoms. The van der Waals surface area contributed by atoms with Crippen LogP contribution < -0.4 is 11.3 Å². The fourth-order valence-corrected chi connectivity index (χ4v) is 1.91. The average Bonchev–Trinajstić information content (AvgIpc) is 2.64. The number of rotatable bonds is 0. The zero-order valence-corrected chi connectivity index (χ0v) is 8.82. The van der Waals surface area contributed by atoms with Crippen LogP contribution in [0.15, 0.2) is 29.1 Å². The second-order valence-corrected chi connectivity index (χ2v) is 3.79. The van der Waals surface area contributed by atoms with Crippen molar-refractivity contribution in [1.29, 1.82) is 0 Å². The first kappa shape index (κ1) is 9.23. The quantitative estimate of drug-likeness (QED) is 0.618. The van der Waals surface area contributed by atoms with Gasteiger partial charge in [-0.05, 0) is 6.07 Å². The zero-order chi connectivity index (χ0) is 11.3. The van der Waals surface area contributed by atoms with Gasteiger partial charge in [-0.1, -0.05) is 18.2 Å². The van der Waals surface area contributed by atoms with Crippen LogP contribution in [-0.4, -0.2) is 14.1 Å². The van der Waals surface area contributed by atoms with Crippen molar-refractivity contribution in [3.8, 4) is 0 Å². The molecule has 1 aromatic carbocycles. The van der Waals surface area contributed by atoms with E-state index in [0.29, 0.717) is 11.0 Å². The maximum atomic E-state index is 11.9. The fraction of sp³-hybridized carbons (Fsp3) is 0. The number of aromatic nitrogens is 3. The Labute approximate surface area is 94.6 Å². The molecule has 16 heavy (non-hydrogen) atoms. The van der Waals surface area contributed by atoms with Gasteiger partial charge >= 0.3 is 0 Å². The van der Waals surface area contributed by atoms with Crippen molar-refractivity contribution in [2.24, 2.45) is 0 Å². The van der Waals surface area contributed by atoms with Crippen LogP contribution in [0.3, 0.4) is 0 Å². The van der Waals surface area contributed by atoms with E-state index < -0.39 is 0 Å². The van der Waals surface area contributed by atoms with Gasteiger partial charge in [0.2, 0.25) is 5.95 Å². The number of para-hydroxylation sites is 1. The molecule has 0 spiro atoms. The van der Waals surface area contributed by atoms with Gasteiger partial charge in [0.25, 0.3) is 5.56 Å². The summed E-state index contributed by atoms with van der Waals surface area (Å²) < 4.78 is 0.822. The molecule has 3 aromatic rings. The van der Waals surface area contributed by atoms with Crippen molar-refractivity contribution in [2.45, 2.75) is 0 Å². The third-order valence-corrected chi connectivity index (χ3v) is 2.83. The lowest BCUT2D eigenvalue weighted by molar-refractivity contribution is 1.10. The molecular formula is C10H7ClN4O. The zero-order valence-electron chi connectivity index (χ0n) is 8.07. The summed E-state index contributed by atoms with van der Waals surface area (Å²) in [6.45, 7) is 0. The number of nitrogens with one attached hydrogen (secondary N) is 1. The van der Waals surface area contributed by atoms with Gasteiger partial charge in [-0.2, -0.15) is 9.07 Å². The number of nitrogens with zero attached hydrogens (tertiary/aromatic N) is 2. The predicted molar refractivity (Wildman–Crippen MR) is 63.5 cm³/mol. The van der Waals surface area contributed by atoms with E-state index in [1.54, 1.807) is 0 Å². The molecule has 2 aromatic heterocycles. The molecule has 5 nitrogen and oxygen atoms in total. The van der Waals surface area contributed by atoms with E-state index in [1.807, 2.05) is 24.3 Å². The normalized spacial score (nSPS) is 11.3. The molecule has 80 valence electrons. The molecule has 3 rings (SSSR count). The third-order valence-electron chi connectivity index (χ3n) is 2.51. The lowest BCUT2D eigenvalue weighted by Crippen LogP contribution is -2.17. The Kier molecular flexibility index (Phi) is 1.73. The number of nitrogen functional groups attached to an aromatic ring is 1. The monoisotopic (exact) mass is 234 g/mol. The van der Waals surface area contributed by atoms with Gasteiger partial charge in [0, 0.05) is 22.7 Å². The number of hydrogen-bond acceptors (Lipinski definition) is 3. The molecule has 0 aliphatic carbocycles. The van der Waals surface area contributed by atoms with E-state index in [1.165, 1.54) is 0 Å². The van der Waals surface area contributed by atoms with Crippen LogP contribution in [0.5, 0.6) is 0 Å². The van der Waals surface area contributed by atoms with E-state index >= 15 is 0 Å². The Morgan fingerprint density at radius 1 is 1.38 bits per heavy atom. The highest BCUT2D eigenvalue weighted by Gasteiger charge is 2.12. The van der Waals surface area contributed by atoms with Gasteiger partial charge in [-0.15, -0.1) is 0 Å². The lowest BCUT2D eigenvalue weighted by Gasteiger charge is -1.98. The van der Waals surface area contributed by atoms with Gasteiger partial charge in [-0.25, -0.2) is 0 Å². The molecule has 0 amide bonds. The van der Waals surface area contributed by atoms with Crippen LogP contribution in [0.25, 0.3) is 21.9 Å². The smallest absolute Gasteiger partial charge is 0.279 e. The summed E-state index contributed by atoms with van der Waals surface area (Å²) in [6.07, 6.45) is 0. The fourth-order valence-electron chi connectivity index (χ4n) is 1.79. The third kappa shape index (κ3) is 1.06. The Hall–Kier alpha value is -2.01. The van der Waals surface area contributed by atoms with Gasteiger partial charge in [-0.3, -0.25) is 4.79 Å². The van der Waals surface area contributed by atoms with Crippen molar-refractivity contribution in [2.75, 3.05) is 5.73 Å². The molecule has 0 radical (unpaired) electrons. The number of H-pyrrole nitrogens is 1. The largest absolute Gasteiger partial charge is 0.368 e. The second kappa shape index (κ2) is 2.99. The number of nitrogens with two attached hydrogens (primary N) is 1. The first-order valence-electron chi connectivity index (χ1n) is 4.63. The molecule has 0 atom stereocenters. The van der Waals surface area contributed by atoms with Gasteiger partial charge in [0.05, 0.1) is 5.39 Å². The molecular weight excluding hydrogens is 228 g/mol. The molecule has 0 unspecified atom stereocenters. The van der Waals surface area contributed by atoms with Crippen LogP contribution in [0, 0.1) is 0 Å². The maximum absolute atomic E-state index is 11.9. The average molecular weight is 235 g/mol. The standard InChI is InChI=1S/C10H7ClN4O/c11-15-9(16)7-5-3-1-2-4-6(5)13-8(7)14-10(15)12/h1-4,13H,(H2,12,14). The van der Waals surface area contributed by atoms with Crippen molar-refractivity contribution < 1.29 is 0 Å². The minimum absolute atomic E-state index is 0.0225. The van der Waals surface area contributed by atoms with Crippen molar-refractivity contribution in [3.05, 3.63) is 34.6 Å². The molecule has 2 heterocycles. The number of halogens is 1. The van der Waals surface area contributed by atoms with Gasteiger partial charge in [0.15, 0.2) is 0 Å². The van der Waals surface area contributed by atoms with E-state index in [-0.39, 0.29) is 11.5 Å². The summed E-state index contributed by atoms with van der Waals surface area (Å²) in [4.78, 5) is 19.0. The molecule has 0 saturated heterocycles. The summed E-state index contributed by atoms with van der Waals surface area (Å²) >= 11 is 5.72. The molecule has 0 bridgehead atoms. The molecule has 0 aliphatic heterocycles. The molecule has 0 fully saturated rings. The van der Waals surface area contributed by atoms with Crippen LogP contribution >= 0.6 is 11.8 Å². The highest BCUT2D eigenvalue weighted by molar-refractivity contribution is 6.18. The Balaban J connectivity index is 2.68. The van der Waals surface area contributed by atoms with E-state index in [0.717, 1.165) is 15.0 Å². The van der Waals surface area contributed by atoms with E-state index in [2.05, 4.69) is 9.97 Å². The number of fused-ring (bicyclic) bond motifs is 3. The minimum Gasteiger partial charge on any atom is -0.368 e. The molecule has 3 N–H and O–H groups in total. The Morgan fingerprint density at radius 3 is 2.94 bits per heavy atom. The summed E-state index contributed by atoms with van der Waals surface area (Å²) in [6, 6.07) is 7.43. The number of anilines is 1. The van der Waals surface area contributed by atoms with Crippen molar-refractivity contribution in [1.82, 2.24) is 14.1 Å². The Bertz CT molecular complexity index is 758. The summed E-state index contributed by atoms with van der Waals surface area (Å²) in [5.74, 6) is -0.0225. The second-order valence-electron chi connectivity index (χ2n) is 3.45. The lowest BCUT2D eigenvalue weighted by atomic mass is 10.2. The first-order valence-corrected chi connectivity index (χ1v) is 4.97. The van der Waals surface area contributed by atoms with Crippen LogP contribution in [0.2, 0.25) is 0 Å². The van der Waals surface area contributed by atoms with E-state index in [9.17, 15) is 4.79 Å². The Morgan fingerprint density at radius 2 is 2.12 bits per heavy atom. The number of hydrogen-bond donors (Lipinski definition) is 2. The van der Waals surface area contributed by atoms with Crippen LogP contribution in [0.4, 0.5) is 5.95 Å². The number of benzene rings is 1. The maximum Gasteiger partial charge on any atom is 0.279 e. The van der Waals surface area contributed by atoms with Crippen molar-refractivity contribution >= 4 is 39.7 Å². The van der Waals surface area contributed by atoms with Gasteiger partial charge in [0.1, 0.15) is 5.65 Å². The SMILES string of the molecule is Nc1nc2[nH]c3ccccc3c2c(=O)n1Cl. The summed E-state index contributed by atoms with van der Waals surface area (Å²) in [5, 5.41) is 1.25. The highest BCUT2D eigenvalue weighted by Crippen LogP contribution is 2.21.